The van der Waals surface area contributed by atoms with Crippen molar-refractivity contribution in [2.24, 2.45) is 0 Å². The Morgan fingerprint density at radius 3 is 2.76 bits per heavy atom. The Morgan fingerprint density at radius 2 is 2.03 bits per heavy atom. The summed E-state index contributed by atoms with van der Waals surface area (Å²) in [6.45, 7) is 0.353. The van der Waals surface area contributed by atoms with Gasteiger partial charge in [0.1, 0.15) is 15.9 Å². The summed E-state index contributed by atoms with van der Waals surface area (Å²) in [5.74, 6) is -2.21. The zero-order valence-electron chi connectivity index (χ0n) is 15.0. The second-order valence-electron chi connectivity index (χ2n) is 6.68. The number of aromatic amines is 1. The zero-order valence-corrected chi connectivity index (χ0v) is 17.3. The molecule has 7 nitrogen and oxygen atoms in total. The Bertz CT molecular complexity index is 1070. The van der Waals surface area contributed by atoms with Gasteiger partial charge >= 0.3 is 6.03 Å². The maximum absolute atomic E-state index is 13.3. The molecule has 1 saturated heterocycles. The number of pyridine rings is 2. The van der Waals surface area contributed by atoms with Crippen LogP contribution in [0.3, 0.4) is 0 Å². The molecule has 0 unspecified atom stereocenters. The Balaban J connectivity index is 1.43. The Labute approximate surface area is 178 Å². The molecule has 4 rings (SSSR count). The van der Waals surface area contributed by atoms with E-state index in [1.54, 1.807) is 23.2 Å². The molecule has 3 aromatic heterocycles. The van der Waals surface area contributed by atoms with Crippen LogP contribution in [-0.4, -0.2) is 40.0 Å². The van der Waals surface area contributed by atoms with Crippen LogP contribution in [0.15, 0.2) is 35.2 Å². The molecule has 0 spiro atoms. The highest BCUT2D eigenvalue weighted by molar-refractivity contribution is 9.10. The van der Waals surface area contributed by atoms with E-state index in [0.717, 1.165) is 5.52 Å². The molecule has 0 aromatic carbocycles. The standard InChI is InChI=1S/C18H16BrClF2N6O/c19-14-2-1-12-15(27-14)13(9-23-12)26-17(29)25-10-7-11(20)16(24-8-10)28-5-3-18(21,22)4-6-28/h1-2,7-9,23H,3-6H2,(H2,25,26,29). The average Bonchev–Trinajstić information content (AvgIpc) is 3.04. The number of halogens is 4. The molecular formula is C18H16BrClF2N6O. The van der Waals surface area contributed by atoms with E-state index >= 15 is 0 Å². The van der Waals surface area contributed by atoms with E-state index in [1.807, 2.05) is 6.07 Å². The lowest BCUT2D eigenvalue weighted by atomic mass is 10.1. The third-order valence-corrected chi connectivity index (χ3v) is 5.33. The highest BCUT2D eigenvalue weighted by Crippen LogP contribution is 2.33. The van der Waals surface area contributed by atoms with E-state index in [0.29, 0.717) is 27.3 Å². The van der Waals surface area contributed by atoms with Gasteiger partial charge in [-0.15, -0.1) is 0 Å². The van der Waals surface area contributed by atoms with Gasteiger partial charge in [-0.2, -0.15) is 0 Å². The number of urea groups is 1. The number of hydrogen-bond acceptors (Lipinski definition) is 4. The second kappa shape index (κ2) is 7.75. The number of anilines is 3. The van der Waals surface area contributed by atoms with Gasteiger partial charge in [-0.05, 0) is 34.1 Å². The van der Waals surface area contributed by atoms with Crippen LogP contribution in [0.1, 0.15) is 12.8 Å². The monoisotopic (exact) mass is 484 g/mol. The van der Waals surface area contributed by atoms with Crippen LogP contribution in [0.25, 0.3) is 11.0 Å². The van der Waals surface area contributed by atoms with Gasteiger partial charge in [-0.1, -0.05) is 11.6 Å². The first-order valence-electron chi connectivity index (χ1n) is 8.81. The molecule has 1 aliphatic heterocycles. The van der Waals surface area contributed by atoms with E-state index in [1.165, 1.54) is 6.20 Å². The lowest BCUT2D eigenvalue weighted by Crippen LogP contribution is -2.39. The molecule has 29 heavy (non-hydrogen) atoms. The summed E-state index contributed by atoms with van der Waals surface area (Å²) in [5.41, 5.74) is 2.30. The largest absolute Gasteiger partial charge is 0.358 e. The zero-order chi connectivity index (χ0) is 20.6. The molecule has 3 N–H and O–H groups in total. The molecule has 0 aliphatic carbocycles. The van der Waals surface area contributed by atoms with Crippen molar-refractivity contribution in [1.29, 1.82) is 0 Å². The number of rotatable bonds is 3. The lowest BCUT2D eigenvalue weighted by molar-refractivity contribution is -0.0221. The van der Waals surface area contributed by atoms with E-state index < -0.39 is 12.0 Å². The maximum Gasteiger partial charge on any atom is 0.323 e. The molecule has 0 bridgehead atoms. The summed E-state index contributed by atoms with van der Waals surface area (Å²) < 4.78 is 27.3. The van der Waals surface area contributed by atoms with Crippen molar-refractivity contribution in [3.05, 3.63) is 40.2 Å². The highest BCUT2D eigenvalue weighted by atomic mass is 79.9. The molecule has 0 radical (unpaired) electrons. The smallest absolute Gasteiger partial charge is 0.323 e. The number of nitrogens with one attached hydrogen (secondary N) is 3. The maximum atomic E-state index is 13.3. The predicted octanol–water partition coefficient (Wildman–Crippen LogP) is 5.25. The lowest BCUT2D eigenvalue weighted by Gasteiger charge is -2.33. The first-order valence-corrected chi connectivity index (χ1v) is 9.98. The molecule has 0 saturated carbocycles. The number of piperidine rings is 1. The van der Waals surface area contributed by atoms with Gasteiger partial charge in [0.25, 0.3) is 5.92 Å². The normalized spacial score (nSPS) is 16.1. The van der Waals surface area contributed by atoms with E-state index in [2.05, 4.69) is 41.5 Å². The van der Waals surface area contributed by atoms with Gasteiger partial charge in [-0.25, -0.2) is 23.5 Å². The Kier molecular flexibility index (Phi) is 5.30. The van der Waals surface area contributed by atoms with Crippen molar-refractivity contribution in [3.63, 3.8) is 0 Å². The third-order valence-electron chi connectivity index (χ3n) is 4.61. The van der Waals surface area contributed by atoms with Gasteiger partial charge in [0.15, 0.2) is 0 Å². The number of fused-ring (bicyclic) bond motifs is 1. The molecule has 11 heteroatoms. The van der Waals surface area contributed by atoms with E-state index in [9.17, 15) is 13.6 Å². The van der Waals surface area contributed by atoms with Crippen LogP contribution in [0.2, 0.25) is 5.02 Å². The summed E-state index contributed by atoms with van der Waals surface area (Å²) in [5, 5.41) is 5.66. The second-order valence-corrected chi connectivity index (χ2v) is 7.90. The minimum Gasteiger partial charge on any atom is -0.358 e. The molecular weight excluding hydrogens is 470 g/mol. The van der Waals surface area contributed by atoms with Gasteiger partial charge in [0.2, 0.25) is 0 Å². The quantitative estimate of drug-likeness (QED) is 0.442. The third kappa shape index (κ3) is 4.43. The fourth-order valence-corrected chi connectivity index (χ4v) is 3.73. The van der Waals surface area contributed by atoms with Gasteiger partial charge in [-0.3, -0.25) is 0 Å². The number of hydrogen-bond donors (Lipinski definition) is 3. The topological polar surface area (TPSA) is 85.9 Å². The van der Waals surface area contributed by atoms with Gasteiger partial charge in [0, 0.05) is 32.1 Å². The summed E-state index contributed by atoms with van der Waals surface area (Å²) in [6.07, 6.45) is 2.62. The summed E-state index contributed by atoms with van der Waals surface area (Å²) >= 11 is 9.58. The van der Waals surface area contributed by atoms with E-state index in [4.69, 9.17) is 11.6 Å². The number of carbonyl (C=O) groups is 1. The van der Waals surface area contributed by atoms with Gasteiger partial charge < -0.3 is 20.5 Å². The van der Waals surface area contributed by atoms with Crippen LogP contribution in [-0.2, 0) is 0 Å². The molecule has 4 heterocycles. The number of H-pyrrole nitrogens is 1. The first kappa shape index (κ1) is 19.8. The number of alkyl halides is 2. The van der Waals surface area contributed by atoms with Crippen LogP contribution in [0, 0.1) is 0 Å². The summed E-state index contributed by atoms with van der Waals surface area (Å²) in [6, 6.07) is 4.69. The Hall–Kier alpha value is -2.46. The van der Waals surface area contributed by atoms with Crippen molar-refractivity contribution < 1.29 is 13.6 Å². The minimum absolute atomic E-state index is 0.177. The Morgan fingerprint density at radius 1 is 1.28 bits per heavy atom. The van der Waals surface area contributed by atoms with Crippen LogP contribution in [0.4, 0.5) is 30.8 Å². The molecule has 152 valence electrons. The molecule has 0 atom stereocenters. The summed E-state index contributed by atoms with van der Waals surface area (Å²) in [4.78, 5) is 25.7. The number of amides is 2. The van der Waals surface area contributed by atoms with Crippen molar-refractivity contribution in [1.82, 2.24) is 15.0 Å². The van der Waals surface area contributed by atoms with Gasteiger partial charge in [0.05, 0.1) is 28.1 Å². The molecule has 3 aromatic rings. The van der Waals surface area contributed by atoms with Crippen LogP contribution >= 0.6 is 27.5 Å². The van der Waals surface area contributed by atoms with Crippen molar-refractivity contribution in [3.8, 4) is 0 Å². The van der Waals surface area contributed by atoms with Crippen LogP contribution in [0.5, 0.6) is 0 Å². The molecule has 1 aliphatic rings. The van der Waals surface area contributed by atoms with Crippen LogP contribution < -0.4 is 15.5 Å². The number of aromatic nitrogens is 3. The first-order chi connectivity index (χ1) is 13.8. The molecule has 1 fully saturated rings. The number of nitrogens with zero attached hydrogens (tertiary/aromatic N) is 3. The number of carbonyl (C=O) groups excluding carboxylic acids is 1. The van der Waals surface area contributed by atoms with Crippen molar-refractivity contribution in [2.75, 3.05) is 28.6 Å². The predicted molar refractivity (Wildman–Crippen MR) is 112 cm³/mol. The fraction of sp³-hybridized carbons (Fsp3) is 0.278. The SMILES string of the molecule is O=C(Nc1cnc(N2CCC(F)(F)CC2)c(Cl)c1)Nc1c[nH]c2ccc(Br)nc12. The minimum atomic E-state index is -2.64. The fourth-order valence-electron chi connectivity index (χ4n) is 3.13. The highest BCUT2D eigenvalue weighted by Gasteiger charge is 2.34. The molecule has 2 amide bonds. The van der Waals surface area contributed by atoms with Crippen molar-refractivity contribution >= 4 is 61.8 Å². The average molecular weight is 486 g/mol. The summed E-state index contributed by atoms with van der Waals surface area (Å²) in [7, 11) is 0. The van der Waals surface area contributed by atoms with Crippen molar-refractivity contribution in [2.45, 2.75) is 18.8 Å². The van der Waals surface area contributed by atoms with E-state index in [-0.39, 0.29) is 31.0 Å².